The number of nitrogens with zero attached hydrogens (tertiary/aromatic N) is 3. The molecule has 0 amide bonds. The first-order valence-electron chi connectivity index (χ1n) is 13.4. The second-order valence-corrected chi connectivity index (χ2v) is 11.3. The summed E-state index contributed by atoms with van der Waals surface area (Å²) in [6.45, 7) is 0. The van der Waals surface area contributed by atoms with Crippen molar-refractivity contribution in [2.24, 2.45) is 0 Å². The molecule has 0 bridgehead atoms. The second-order valence-electron chi connectivity index (χ2n) is 10.3. The van der Waals surface area contributed by atoms with E-state index >= 15 is 0 Å². The quantitative estimate of drug-likeness (QED) is 0.224. The fourth-order valence-corrected chi connectivity index (χ4v) is 7.53. The number of fused-ring (bicyclic) bond motifs is 11. The van der Waals surface area contributed by atoms with Crippen LogP contribution in [-0.2, 0) is 0 Å². The lowest BCUT2D eigenvalue weighted by molar-refractivity contribution is 1.18. The number of hydrogen-bond donors (Lipinski definition) is 0. The fraction of sp³-hybridized carbons (Fsp3) is 0. The zero-order valence-corrected chi connectivity index (χ0v) is 22.2. The summed E-state index contributed by atoms with van der Waals surface area (Å²) in [6.07, 6.45) is 4.09. The second kappa shape index (κ2) is 8.22. The number of para-hydroxylation sites is 1. The Morgan fingerprint density at radius 2 is 1.25 bits per heavy atom. The van der Waals surface area contributed by atoms with Gasteiger partial charge < -0.3 is 4.57 Å². The predicted molar refractivity (Wildman–Crippen MR) is 170 cm³/mol. The van der Waals surface area contributed by atoms with E-state index in [1.54, 1.807) is 0 Å². The van der Waals surface area contributed by atoms with Crippen molar-refractivity contribution in [3.05, 3.63) is 128 Å². The number of rotatable bonds is 2. The molecule has 0 fully saturated rings. The minimum atomic E-state index is 0.933. The smallest absolute Gasteiger partial charge is 0.115 e. The molecular formula is C36H21N3S. The van der Waals surface area contributed by atoms with Crippen LogP contribution in [0.4, 0.5) is 0 Å². The number of hydrogen-bond acceptors (Lipinski definition) is 3. The van der Waals surface area contributed by atoms with E-state index in [2.05, 4.69) is 126 Å². The Balaban J connectivity index is 1.40. The molecule has 0 saturated carbocycles. The summed E-state index contributed by atoms with van der Waals surface area (Å²) < 4.78 is 4.84. The third-order valence-corrected chi connectivity index (χ3v) is 9.31. The summed E-state index contributed by atoms with van der Waals surface area (Å²) in [5.41, 5.74) is 7.65. The molecule has 0 aliphatic heterocycles. The molecule has 0 radical (unpaired) electrons. The van der Waals surface area contributed by atoms with Crippen LogP contribution in [0, 0.1) is 0 Å². The number of thiophene rings is 1. The number of benzene rings is 5. The highest BCUT2D eigenvalue weighted by Gasteiger charge is 2.19. The van der Waals surface area contributed by atoms with Gasteiger partial charge in [0.1, 0.15) is 11.0 Å². The van der Waals surface area contributed by atoms with Crippen LogP contribution in [0.1, 0.15) is 0 Å². The van der Waals surface area contributed by atoms with Crippen LogP contribution in [0.3, 0.4) is 0 Å². The van der Waals surface area contributed by atoms with Crippen LogP contribution in [0.25, 0.3) is 80.6 Å². The molecule has 9 rings (SSSR count). The fourth-order valence-electron chi connectivity index (χ4n) is 6.22. The monoisotopic (exact) mass is 527 g/mol. The predicted octanol–water partition coefficient (Wildman–Crippen LogP) is 9.91. The number of pyridine rings is 2. The van der Waals surface area contributed by atoms with Gasteiger partial charge in [0.2, 0.25) is 0 Å². The van der Waals surface area contributed by atoms with Crippen molar-refractivity contribution in [1.29, 1.82) is 0 Å². The van der Waals surface area contributed by atoms with Crippen molar-refractivity contribution in [3.63, 3.8) is 0 Å². The molecule has 5 aromatic carbocycles. The van der Waals surface area contributed by atoms with Gasteiger partial charge in [-0.2, -0.15) is 0 Å². The summed E-state index contributed by atoms with van der Waals surface area (Å²) in [6, 6.07) is 41.0. The molecule has 4 heteroatoms. The molecule has 3 nitrogen and oxygen atoms in total. The minimum absolute atomic E-state index is 0.933. The van der Waals surface area contributed by atoms with Gasteiger partial charge in [0.15, 0.2) is 0 Å². The Labute approximate surface area is 233 Å². The third kappa shape index (κ3) is 2.99. The molecule has 0 atom stereocenters. The van der Waals surface area contributed by atoms with Gasteiger partial charge in [-0.3, -0.25) is 9.97 Å². The standard InChI is InChI=1S/C36H21N3S/c1-2-9-22(10-3-1)24-12-8-13-25(19-24)39-31-16-7-6-15-27(31)29-20-38-33-32(34(29)39)37-21-30-28-18-17-23-11-4-5-14-26(23)35(28)40-36(30)33/h1-21H. The maximum atomic E-state index is 5.13. The van der Waals surface area contributed by atoms with Crippen LogP contribution in [0.15, 0.2) is 128 Å². The van der Waals surface area contributed by atoms with Crippen molar-refractivity contribution in [3.8, 4) is 16.8 Å². The van der Waals surface area contributed by atoms with Crippen molar-refractivity contribution in [2.75, 3.05) is 0 Å². The van der Waals surface area contributed by atoms with E-state index in [1.807, 2.05) is 17.5 Å². The van der Waals surface area contributed by atoms with E-state index in [9.17, 15) is 0 Å². The van der Waals surface area contributed by atoms with Gasteiger partial charge in [-0.25, -0.2) is 0 Å². The van der Waals surface area contributed by atoms with Crippen molar-refractivity contribution in [2.45, 2.75) is 0 Å². The van der Waals surface area contributed by atoms with Gasteiger partial charge in [0.25, 0.3) is 0 Å². The van der Waals surface area contributed by atoms with Crippen molar-refractivity contribution >= 4 is 75.1 Å². The Bertz CT molecular complexity index is 2430. The largest absolute Gasteiger partial charge is 0.307 e. The maximum Gasteiger partial charge on any atom is 0.115 e. The van der Waals surface area contributed by atoms with Crippen LogP contribution >= 0.6 is 11.3 Å². The highest BCUT2D eigenvalue weighted by molar-refractivity contribution is 7.27. The van der Waals surface area contributed by atoms with Gasteiger partial charge in [-0.15, -0.1) is 11.3 Å². The first-order chi connectivity index (χ1) is 19.8. The molecule has 40 heavy (non-hydrogen) atoms. The highest BCUT2D eigenvalue weighted by Crippen LogP contribution is 2.43. The molecule has 4 heterocycles. The summed E-state index contributed by atoms with van der Waals surface area (Å²) >= 11 is 1.83. The minimum Gasteiger partial charge on any atom is -0.307 e. The van der Waals surface area contributed by atoms with Crippen LogP contribution in [0.5, 0.6) is 0 Å². The molecule has 4 aromatic heterocycles. The Morgan fingerprint density at radius 1 is 0.500 bits per heavy atom. The first-order valence-corrected chi connectivity index (χ1v) is 14.2. The van der Waals surface area contributed by atoms with Crippen LogP contribution < -0.4 is 0 Å². The molecule has 0 N–H and O–H groups in total. The molecule has 0 unspecified atom stereocenters. The zero-order valence-electron chi connectivity index (χ0n) is 21.4. The van der Waals surface area contributed by atoms with Crippen LogP contribution in [0.2, 0.25) is 0 Å². The summed E-state index contributed by atoms with van der Waals surface area (Å²) in [4.78, 5) is 10.2. The average Bonchev–Trinajstić information content (AvgIpc) is 3.58. The van der Waals surface area contributed by atoms with E-state index < -0.39 is 0 Å². The van der Waals surface area contributed by atoms with E-state index in [0.717, 1.165) is 33.1 Å². The van der Waals surface area contributed by atoms with E-state index in [1.165, 1.54) is 47.5 Å². The lowest BCUT2D eigenvalue weighted by atomic mass is 10.1. The summed E-state index contributed by atoms with van der Waals surface area (Å²) in [5.74, 6) is 0. The van der Waals surface area contributed by atoms with Crippen LogP contribution in [-0.4, -0.2) is 14.5 Å². The van der Waals surface area contributed by atoms with Gasteiger partial charge in [-0.05, 0) is 40.1 Å². The van der Waals surface area contributed by atoms with Gasteiger partial charge in [0.05, 0.1) is 15.7 Å². The molecule has 9 aromatic rings. The molecule has 186 valence electrons. The Morgan fingerprint density at radius 3 is 2.17 bits per heavy atom. The van der Waals surface area contributed by atoms with E-state index in [-0.39, 0.29) is 0 Å². The average molecular weight is 528 g/mol. The topological polar surface area (TPSA) is 30.7 Å². The zero-order chi connectivity index (χ0) is 26.2. The number of aromatic nitrogens is 3. The maximum absolute atomic E-state index is 5.13. The van der Waals surface area contributed by atoms with Gasteiger partial charge in [0, 0.05) is 44.3 Å². The van der Waals surface area contributed by atoms with E-state index in [4.69, 9.17) is 9.97 Å². The molecular weight excluding hydrogens is 506 g/mol. The molecule has 0 aliphatic rings. The summed E-state index contributed by atoms with van der Waals surface area (Å²) in [7, 11) is 0. The lowest BCUT2D eigenvalue weighted by Gasteiger charge is -2.11. The molecule has 0 aliphatic carbocycles. The summed E-state index contributed by atoms with van der Waals surface area (Å²) in [5, 5.41) is 7.24. The normalized spacial score (nSPS) is 12.0. The van der Waals surface area contributed by atoms with Crippen molar-refractivity contribution < 1.29 is 0 Å². The van der Waals surface area contributed by atoms with Gasteiger partial charge in [-0.1, -0.05) is 97.1 Å². The Kier molecular flexibility index (Phi) is 4.48. The SMILES string of the molecule is c1ccc(-c2cccc(-n3c4ccccc4c4cnc5c(ncc6c7ccc8ccccc8c7sc65)c43)c2)cc1. The highest BCUT2D eigenvalue weighted by atomic mass is 32.1. The van der Waals surface area contributed by atoms with E-state index in [0.29, 0.717) is 0 Å². The van der Waals surface area contributed by atoms with Gasteiger partial charge >= 0.3 is 0 Å². The molecule has 0 saturated heterocycles. The lowest BCUT2D eigenvalue weighted by Crippen LogP contribution is -1.96. The van der Waals surface area contributed by atoms with Crippen molar-refractivity contribution in [1.82, 2.24) is 14.5 Å². The third-order valence-electron chi connectivity index (χ3n) is 8.05. The first kappa shape index (κ1) is 21.8. The molecule has 0 spiro atoms. The Hall–Kier alpha value is -5.06.